The van der Waals surface area contributed by atoms with Crippen LogP contribution in [0.2, 0.25) is 4.34 Å². The van der Waals surface area contributed by atoms with Crippen LogP contribution in [0.25, 0.3) is 16.2 Å². The van der Waals surface area contributed by atoms with Gasteiger partial charge in [-0.25, -0.2) is 4.98 Å². The Kier molecular flexibility index (Phi) is 2.53. The summed E-state index contributed by atoms with van der Waals surface area (Å²) in [6, 6.07) is 7.75. The van der Waals surface area contributed by atoms with Gasteiger partial charge in [-0.2, -0.15) is 0 Å². The topological polar surface area (TPSA) is 26.5 Å². The number of ether oxygens (including phenoxy) is 1. The standard InChI is InChI=1S/C12H9ClN2OS/c1-16-9-3-2-8-6-14-12(15(8)7-9)10-4-5-11(13)17-10/h2-7H,1H3. The van der Waals surface area contributed by atoms with Crippen molar-refractivity contribution in [3.8, 4) is 16.5 Å². The molecule has 3 aromatic rings. The minimum atomic E-state index is 0.764. The molecular formula is C12H9ClN2OS. The van der Waals surface area contributed by atoms with Crippen LogP contribution < -0.4 is 4.74 Å². The minimum absolute atomic E-state index is 0.764. The van der Waals surface area contributed by atoms with E-state index in [1.54, 1.807) is 7.11 Å². The maximum absolute atomic E-state index is 5.94. The maximum Gasteiger partial charge on any atom is 0.154 e. The number of rotatable bonds is 2. The number of pyridine rings is 1. The lowest BCUT2D eigenvalue weighted by Crippen LogP contribution is -1.90. The van der Waals surface area contributed by atoms with Crippen LogP contribution >= 0.6 is 22.9 Å². The van der Waals surface area contributed by atoms with Crippen molar-refractivity contribution < 1.29 is 4.74 Å². The molecule has 3 aromatic heterocycles. The molecule has 3 rings (SSSR count). The average molecular weight is 265 g/mol. The Morgan fingerprint density at radius 3 is 2.88 bits per heavy atom. The highest BCUT2D eigenvalue weighted by molar-refractivity contribution is 7.19. The summed E-state index contributed by atoms with van der Waals surface area (Å²) in [4.78, 5) is 5.46. The first kappa shape index (κ1) is 10.6. The molecule has 0 unspecified atom stereocenters. The summed E-state index contributed by atoms with van der Waals surface area (Å²) in [7, 11) is 1.65. The molecule has 0 saturated heterocycles. The van der Waals surface area contributed by atoms with Gasteiger partial charge in [0, 0.05) is 0 Å². The predicted molar refractivity (Wildman–Crippen MR) is 70.1 cm³/mol. The van der Waals surface area contributed by atoms with Gasteiger partial charge in [0.05, 0.1) is 34.2 Å². The zero-order valence-corrected chi connectivity index (χ0v) is 10.6. The number of nitrogens with zero attached hydrogens (tertiary/aromatic N) is 2. The molecule has 0 atom stereocenters. The highest BCUT2D eigenvalue weighted by atomic mass is 35.5. The van der Waals surface area contributed by atoms with Gasteiger partial charge >= 0.3 is 0 Å². The highest BCUT2D eigenvalue weighted by Gasteiger charge is 2.09. The van der Waals surface area contributed by atoms with Crippen LogP contribution in [0.1, 0.15) is 0 Å². The Hall–Kier alpha value is -1.52. The van der Waals surface area contributed by atoms with Crippen LogP contribution in [0, 0.1) is 0 Å². The molecule has 0 radical (unpaired) electrons. The Bertz CT molecular complexity index is 674. The molecule has 0 N–H and O–H groups in total. The Morgan fingerprint density at radius 1 is 1.29 bits per heavy atom. The van der Waals surface area contributed by atoms with Crippen LogP contribution in [0.3, 0.4) is 0 Å². The quantitative estimate of drug-likeness (QED) is 0.705. The Labute approximate surface area is 107 Å². The molecule has 0 aromatic carbocycles. The minimum Gasteiger partial charge on any atom is -0.495 e. The van der Waals surface area contributed by atoms with Crippen molar-refractivity contribution >= 4 is 28.5 Å². The van der Waals surface area contributed by atoms with E-state index in [2.05, 4.69) is 4.98 Å². The van der Waals surface area contributed by atoms with E-state index >= 15 is 0 Å². The largest absolute Gasteiger partial charge is 0.495 e. The summed E-state index contributed by atoms with van der Waals surface area (Å²) in [5, 5.41) is 0. The lowest BCUT2D eigenvalue weighted by molar-refractivity contribution is 0.412. The molecule has 0 aliphatic rings. The van der Waals surface area contributed by atoms with Crippen molar-refractivity contribution in [2.75, 3.05) is 7.11 Å². The second-order valence-electron chi connectivity index (χ2n) is 3.55. The first-order chi connectivity index (χ1) is 8.28. The molecule has 0 saturated carbocycles. The molecule has 0 spiro atoms. The molecule has 17 heavy (non-hydrogen) atoms. The molecule has 3 heterocycles. The van der Waals surface area contributed by atoms with E-state index < -0.39 is 0 Å². The van der Waals surface area contributed by atoms with Gasteiger partial charge in [0.15, 0.2) is 5.82 Å². The van der Waals surface area contributed by atoms with Gasteiger partial charge in [0.25, 0.3) is 0 Å². The van der Waals surface area contributed by atoms with Crippen molar-refractivity contribution in [3.05, 3.63) is 41.0 Å². The number of hydrogen-bond donors (Lipinski definition) is 0. The van der Waals surface area contributed by atoms with Crippen LogP contribution in [0.4, 0.5) is 0 Å². The van der Waals surface area contributed by atoms with Crippen molar-refractivity contribution in [3.63, 3.8) is 0 Å². The summed E-state index contributed by atoms with van der Waals surface area (Å²) in [6.45, 7) is 0. The van der Waals surface area contributed by atoms with Crippen LogP contribution in [0.5, 0.6) is 5.75 Å². The maximum atomic E-state index is 5.94. The van der Waals surface area contributed by atoms with Crippen molar-refractivity contribution in [1.29, 1.82) is 0 Å². The van der Waals surface area contributed by atoms with E-state index in [4.69, 9.17) is 16.3 Å². The van der Waals surface area contributed by atoms with Gasteiger partial charge in [-0.3, -0.25) is 4.40 Å². The van der Waals surface area contributed by atoms with E-state index in [9.17, 15) is 0 Å². The van der Waals surface area contributed by atoms with Crippen LogP contribution in [-0.2, 0) is 0 Å². The normalized spacial score (nSPS) is 10.9. The van der Waals surface area contributed by atoms with E-state index in [-0.39, 0.29) is 0 Å². The molecular weight excluding hydrogens is 256 g/mol. The predicted octanol–water partition coefficient (Wildman–Crippen LogP) is 3.72. The molecule has 3 nitrogen and oxygen atoms in total. The zero-order chi connectivity index (χ0) is 11.8. The van der Waals surface area contributed by atoms with E-state index in [0.717, 1.165) is 26.3 Å². The summed E-state index contributed by atoms with van der Waals surface area (Å²) >= 11 is 7.46. The summed E-state index contributed by atoms with van der Waals surface area (Å²) in [6.07, 6.45) is 3.76. The Balaban J connectivity index is 2.22. The highest BCUT2D eigenvalue weighted by Crippen LogP contribution is 2.31. The second kappa shape index (κ2) is 4.05. The zero-order valence-electron chi connectivity index (χ0n) is 9.05. The smallest absolute Gasteiger partial charge is 0.154 e. The van der Waals surface area contributed by atoms with Gasteiger partial charge in [-0.15, -0.1) is 11.3 Å². The molecule has 0 fully saturated rings. The summed E-state index contributed by atoms with van der Waals surface area (Å²) in [5.74, 6) is 1.69. The lowest BCUT2D eigenvalue weighted by atomic mass is 10.4. The molecule has 0 amide bonds. The third-order valence-corrected chi connectivity index (χ3v) is 3.76. The van der Waals surface area contributed by atoms with Gasteiger partial charge in [0.1, 0.15) is 5.75 Å². The first-order valence-corrected chi connectivity index (χ1v) is 6.24. The van der Waals surface area contributed by atoms with Crippen LogP contribution in [-0.4, -0.2) is 16.5 Å². The van der Waals surface area contributed by atoms with Gasteiger partial charge in [-0.05, 0) is 24.3 Å². The fourth-order valence-electron chi connectivity index (χ4n) is 1.71. The Morgan fingerprint density at radius 2 is 2.18 bits per heavy atom. The summed E-state index contributed by atoms with van der Waals surface area (Å²) < 4.78 is 7.98. The monoisotopic (exact) mass is 264 g/mol. The van der Waals surface area contributed by atoms with E-state index in [1.165, 1.54) is 11.3 Å². The van der Waals surface area contributed by atoms with Gasteiger partial charge in [-0.1, -0.05) is 11.6 Å². The fraction of sp³-hybridized carbons (Fsp3) is 0.0833. The first-order valence-electron chi connectivity index (χ1n) is 5.05. The van der Waals surface area contributed by atoms with Gasteiger partial charge < -0.3 is 4.74 Å². The molecule has 5 heteroatoms. The number of methoxy groups -OCH3 is 1. The molecule has 0 aliphatic heterocycles. The number of halogens is 1. The lowest BCUT2D eigenvalue weighted by Gasteiger charge is -2.02. The van der Waals surface area contributed by atoms with Gasteiger partial charge in [0.2, 0.25) is 0 Å². The summed E-state index contributed by atoms with van der Waals surface area (Å²) in [5.41, 5.74) is 1.03. The number of thiophene rings is 1. The molecule has 86 valence electrons. The number of imidazole rings is 1. The fourth-order valence-corrected chi connectivity index (χ4v) is 2.75. The van der Waals surface area contributed by atoms with Crippen molar-refractivity contribution in [2.45, 2.75) is 0 Å². The number of fused-ring (bicyclic) bond motifs is 1. The average Bonchev–Trinajstić information content (AvgIpc) is 2.93. The molecule has 0 aliphatic carbocycles. The van der Waals surface area contributed by atoms with E-state index in [1.807, 2.05) is 41.1 Å². The third-order valence-electron chi connectivity index (χ3n) is 2.53. The number of aromatic nitrogens is 2. The second-order valence-corrected chi connectivity index (χ2v) is 5.26. The van der Waals surface area contributed by atoms with E-state index in [0.29, 0.717) is 0 Å². The molecule has 0 bridgehead atoms. The van der Waals surface area contributed by atoms with Crippen molar-refractivity contribution in [1.82, 2.24) is 9.38 Å². The third kappa shape index (κ3) is 1.79. The number of hydrogen-bond acceptors (Lipinski definition) is 3. The van der Waals surface area contributed by atoms with Crippen LogP contribution in [0.15, 0.2) is 36.7 Å². The SMILES string of the molecule is COc1ccc2cnc(-c3ccc(Cl)s3)n2c1. The van der Waals surface area contributed by atoms with Crippen molar-refractivity contribution in [2.24, 2.45) is 0 Å².